The Morgan fingerprint density at radius 2 is 1.75 bits per heavy atom. The number of nitrogens with zero attached hydrogens (tertiary/aromatic N) is 1. The van der Waals surface area contributed by atoms with Gasteiger partial charge in [0, 0.05) is 24.3 Å². The van der Waals surface area contributed by atoms with Crippen molar-refractivity contribution in [1.29, 1.82) is 0 Å². The highest BCUT2D eigenvalue weighted by Gasteiger charge is 2.21. The Balaban J connectivity index is 3.25. The SMILES string of the molecule is CCC(CC)N(CC(C)C)c1ccc(F)cc1[C@H](C)N. The van der Waals surface area contributed by atoms with Crippen LogP contribution in [0.4, 0.5) is 10.1 Å². The average molecular weight is 280 g/mol. The zero-order valence-electron chi connectivity index (χ0n) is 13.5. The van der Waals surface area contributed by atoms with Crippen LogP contribution in [0.1, 0.15) is 59.1 Å². The first-order valence-electron chi connectivity index (χ1n) is 7.72. The fraction of sp³-hybridized carbons (Fsp3) is 0.647. The van der Waals surface area contributed by atoms with Gasteiger partial charge in [0.1, 0.15) is 5.82 Å². The lowest BCUT2D eigenvalue weighted by atomic mass is 10.0. The van der Waals surface area contributed by atoms with Crippen LogP contribution in [0.15, 0.2) is 18.2 Å². The summed E-state index contributed by atoms with van der Waals surface area (Å²) in [5.41, 5.74) is 8.03. The van der Waals surface area contributed by atoms with Crippen LogP contribution >= 0.6 is 0 Å². The van der Waals surface area contributed by atoms with E-state index in [-0.39, 0.29) is 11.9 Å². The standard InChI is InChI=1S/C17H29FN2/c1-6-15(7-2)20(11-12(3)4)17-9-8-14(18)10-16(17)13(5)19/h8-10,12-13,15H,6-7,11,19H2,1-5H3/t13-/m0/s1. The molecule has 0 unspecified atom stereocenters. The molecular formula is C17H29FN2. The number of halogens is 1. The molecule has 0 fully saturated rings. The number of rotatable bonds is 7. The van der Waals surface area contributed by atoms with Gasteiger partial charge in [0.05, 0.1) is 0 Å². The summed E-state index contributed by atoms with van der Waals surface area (Å²) in [5.74, 6) is 0.344. The number of hydrogen-bond donors (Lipinski definition) is 1. The van der Waals surface area contributed by atoms with Gasteiger partial charge >= 0.3 is 0 Å². The van der Waals surface area contributed by atoms with Crippen molar-refractivity contribution < 1.29 is 4.39 Å². The smallest absolute Gasteiger partial charge is 0.123 e. The van der Waals surface area contributed by atoms with Crippen molar-refractivity contribution >= 4 is 5.69 Å². The van der Waals surface area contributed by atoms with Crippen molar-refractivity contribution in [3.05, 3.63) is 29.6 Å². The molecule has 20 heavy (non-hydrogen) atoms. The first kappa shape index (κ1) is 17.0. The molecule has 1 rings (SSSR count). The molecule has 2 N–H and O–H groups in total. The zero-order chi connectivity index (χ0) is 15.3. The molecule has 0 spiro atoms. The molecule has 0 saturated carbocycles. The van der Waals surface area contributed by atoms with Gasteiger partial charge in [0.2, 0.25) is 0 Å². The summed E-state index contributed by atoms with van der Waals surface area (Å²) in [5, 5.41) is 0. The molecule has 0 aromatic heterocycles. The van der Waals surface area contributed by atoms with E-state index in [1.54, 1.807) is 6.07 Å². The number of hydrogen-bond acceptors (Lipinski definition) is 2. The normalized spacial score (nSPS) is 13.1. The number of benzene rings is 1. The van der Waals surface area contributed by atoms with Crippen LogP contribution in [0.3, 0.4) is 0 Å². The maximum atomic E-state index is 13.5. The van der Waals surface area contributed by atoms with Gasteiger partial charge in [-0.1, -0.05) is 27.7 Å². The summed E-state index contributed by atoms with van der Waals surface area (Å²) in [4.78, 5) is 2.41. The summed E-state index contributed by atoms with van der Waals surface area (Å²) >= 11 is 0. The van der Waals surface area contributed by atoms with Crippen LogP contribution < -0.4 is 10.6 Å². The van der Waals surface area contributed by atoms with E-state index in [0.717, 1.165) is 30.6 Å². The van der Waals surface area contributed by atoms with E-state index in [4.69, 9.17) is 5.73 Å². The van der Waals surface area contributed by atoms with E-state index in [9.17, 15) is 4.39 Å². The van der Waals surface area contributed by atoms with E-state index in [1.165, 1.54) is 6.07 Å². The van der Waals surface area contributed by atoms with Crippen molar-refractivity contribution in [3.63, 3.8) is 0 Å². The van der Waals surface area contributed by atoms with E-state index in [0.29, 0.717) is 12.0 Å². The number of anilines is 1. The van der Waals surface area contributed by atoms with Crippen LogP contribution in [0, 0.1) is 11.7 Å². The third kappa shape index (κ3) is 4.20. The maximum absolute atomic E-state index is 13.5. The van der Waals surface area contributed by atoms with Gasteiger partial charge in [0.25, 0.3) is 0 Å². The molecule has 1 aromatic carbocycles. The van der Waals surface area contributed by atoms with Crippen molar-refractivity contribution in [2.24, 2.45) is 11.7 Å². The lowest BCUT2D eigenvalue weighted by Crippen LogP contribution is -2.38. The van der Waals surface area contributed by atoms with Crippen LogP contribution in [-0.4, -0.2) is 12.6 Å². The first-order chi connectivity index (χ1) is 9.40. The molecule has 0 aliphatic rings. The van der Waals surface area contributed by atoms with Crippen molar-refractivity contribution in [3.8, 4) is 0 Å². The topological polar surface area (TPSA) is 29.3 Å². The summed E-state index contributed by atoms with van der Waals surface area (Å²) in [6.07, 6.45) is 2.16. The van der Waals surface area contributed by atoms with E-state index < -0.39 is 0 Å². The monoisotopic (exact) mass is 280 g/mol. The third-order valence-corrected chi connectivity index (χ3v) is 3.73. The van der Waals surface area contributed by atoms with Crippen LogP contribution in [-0.2, 0) is 0 Å². The zero-order valence-corrected chi connectivity index (χ0v) is 13.5. The van der Waals surface area contributed by atoms with Gasteiger partial charge in [0.15, 0.2) is 0 Å². The Bertz CT molecular complexity index is 411. The molecule has 0 radical (unpaired) electrons. The summed E-state index contributed by atoms with van der Waals surface area (Å²) < 4.78 is 13.5. The molecule has 0 aliphatic heterocycles. The minimum atomic E-state index is -0.213. The molecule has 0 bridgehead atoms. The summed E-state index contributed by atoms with van der Waals surface area (Å²) in [6.45, 7) is 11.7. The summed E-state index contributed by atoms with van der Waals surface area (Å²) in [6, 6.07) is 5.31. The predicted molar refractivity (Wildman–Crippen MR) is 85.6 cm³/mol. The number of nitrogens with two attached hydrogens (primary N) is 1. The minimum absolute atomic E-state index is 0.162. The molecule has 0 saturated heterocycles. The second-order valence-electron chi connectivity index (χ2n) is 6.01. The quantitative estimate of drug-likeness (QED) is 0.797. The lowest BCUT2D eigenvalue weighted by molar-refractivity contribution is 0.504. The van der Waals surface area contributed by atoms with E-state index >= 15 is 0 Å². The van der Waals surface area contributed by atoms with Gasteiger partial charge in [-0.05, 0) is 49.4 Å². The van der Waals surface area contributed by atoms with Gasteiger partial charge in [-0.3, -0.25) is 0 Å². The molecule has 114 valence electrons. The molecule has 0 aliphatic carbocycles. The predicted octanol–water partition coefficient (Wildman–Crippen LogP) is 4.50. The van der Waals surface area contributed by atoms with Crippen molar-refractivity contribution in [2.45, 2.75) is 59.5 Å². The van der Waals surface area contributed by atoms with E-state index in [2.05, 4.69) is 32.6 Å². The maximum Gasteiger partial charge on any atom is 0.123 e. The highest BCUT2D eigenvalue weighted by Crippen LogP contribution is 2.30. The second kappa shape index (κ2) is 7.63. The molecular weight excluding hydrogens is 251 g/mol. The Morgan fingerprint density at radius 3 is 2.20 bits per heavy atom. The Morgan fingerprint density at radius 1 is 1.15 bits per heavy atom. The van der Waals surface area contributed by atoms with Crippen LogP contribution in [0.25, 0.3) is 0 Å². The highest BCUT2D eigenvalue weighted by molar-refractivity contribution is 5.56. The Hall–Kier alpha value is -1.09. The molecule has 1 atom stereocenters. The molecule has 2 nitrogen and oxygen atoms in total. The molecule has 1 aromatic rings. The molecule has 0 heterocycles. The largest absolute Gasteiger partial charge is 0.368 e. The fourth-order valence-electron chi connectivity index (χ4n) is 2.72. The van der Waals surface area contributed by atoms with Gasteiger partial charge in [-0.25, -0.2) is 4.39 Å². The Kier molecular flexibility index (Phi) is 6.47. The summed E-state index contributed by atoms with van der Waals surface area (Å²) in [7, 11) is 0. The van der Waals surface area contributed by atoms with Gasteiger partial charge in [-0.15, -0.1) is 0 Å². The minimum Gasteiger partial charge on any atom is -0.368 e. The van der Waals surface area contributed by atoms with Crippen LogP contribution in [0.2, 0.25) is 0 Å². The molecule has 3 heteroatoms. The molecule has 0 amide bonds. The lowest BCUT2D eigenvalue weighted by Gasteiger charge is -2.36. The average Bonchev–Trinajstić information content (AvgIpc) is 2.38. The Labute approximate surface area is 123 Å². The van der Waals surface area contributed by atoms with Crippen molar-refractivity contribution in [1.82, 2.24) is 0 Å². The van der Waals surface area contributed by atoms with Gasteiger partial charge < -0.3 is 10.6 Å². The van der Waals surface area contributed by atoms with Crippen molar-refractivity contribution in [2.75, 3.05) is 11.4 Å². The first-order valence-corrected chi connectivity index (χ1v) is 7.72. The third-order valence-electron chi connectivity index (χ3n) is 3.73. The van der Waals surface area contributed by atoms with Gasteiger partial charge in [-0.2, -0.15) is 0 Å². The fourth-order valence-corrected chi connectivity index (χ4v) is 2.72. The van der Waals surface area contributed by atoms with E-state index in [1.807, 2.05) is 13.0 Å². The highest BCUT2D eigenvalue weighted by atomic mass is 19.1. The van der Waals surface area contributed by atoms with Crippen LogP contribution in [0.5, 0.6) is 0 Å². The second-order valence-corrected chi connectivity index (χ2v) is 6.01.